The molecule has 0 radical (unpaired) electrons. The Balaban J connectivity index is 2.01. The van der Waals surface area contributed by atoms with E-state index in [9.17, 15) is 8.42 Å². The summed E-state index contributed by atoms with van der Waals surface area (Å²) in [6.45, 7) is 7.42. The SMILES string of the molecule is CN1CCN(S(=O)(=O)c2ccc(NCC(C)(C)CCO)nc2)CC1. The van der Waals surface area contributed by atoms with Crippen LogP contribution >= 0.6 is 0 Å². The maximum atomic E-state index is 12.6. The van der Waals surface area contributed by atoms with Crippen LogP contribution in [0.4, 0.5) is 5.82 Å². The fourth-order valence-electron chi connectivity index (χ4n) is 2.54. The predicted octanol–water partition coefficient (Wildman–Crippen LogP) is 0.838. The summed E-state index contributed by atoms with van der Waals surface area (Å²) in [5, 5.41) is 12.2. The molecule has 0 atom stereocenters. The van der Waals surface area contributed by atoms with E-state index < -0.39 is 10.0 Å². The molecule has 24 heavy (non-hydrogen) atoms. The lowest BCUT2D eigenvalue weighted by atomic mass is 9.90. The Morgan fingerprint density at radius 1 is 1.25 bits per heavy atom. The van der Waals surface area contributed by atoms with Crippen molar-refractivity contribution in [3.05, 3.63) is 18.3 Å². The first-order valence-corrected chi connectivity index (χ1v) is 9.68. The van der Waals surface area contributed by atoms with E-state index in [1.54, 1.807) is 12.1 Å². The van der Waals surface area contributed by atoms with Crippen LogP contribution in [0.3, 0.4) is 0 Å². The van der Waals surface area contributed by atoms with Crippen LogP contribution < -0.4 is 5.32 Å². The summed E-state index contributed by atoms with van der Waals surface area (Å²) >= 11 is 0. The molecule has 1 aromatic rings. The highest BCUT2D eigenvalue weighted by atomic mass is 32.2. The third kappa shape index (κ3) is 4.89. The molecular weight excluding hydrogens is 328 g/mol. The van der Waals surface area contributed by atoms with Gasteiger partial charge in [0.05, 0.1) is 0 Å². The first kappa shape index (κ1) is 19.1. The Hall–Kier alpha value is -1.22. The van der Waals surface area contributed by atoms with Crippen LogP contribution in [0.1, 0.15) is 20.3 Å². The lowest BCUT2D eigenvalue weighted by Crippen LogP contribution is -2.47. The molecule has 1 aromatic heterocycles. The normalized spacial score (nSPS) is 17.8. The van der Waals surface area contributed by atoms with Crippen molar-refractivity contribution in [2.75, 3.05) is 51.7 Å². The minimum Gasteiger partial charge on any atom is -0.396 e. The van der Waals surface area contributed by atoms with Gasteiger partial charge in [0, 0.05) is 45.5 Å². The summed E-state index contributed by atoms with van der Waals surface area (Å²) < 4.78 is 26.8. The standard InChI is InChI=1S/C16H28N4O3S/c1-16(2,6-11-21)13-18-15-5-4-14(12-17-15)24(22,23)20-9-7-19(3)8-10-20/h4-5,12,21H,6-11,13H2,1-3H3,(H,17,18). The number of hydrogen-bond donors (Lipinski definition) is 2. The summed E-state index contributed by atoms with van der Waals surface area (Å²) in [6.07, 6.45) is 2.10. The van der Waals surface area contributed by atoms with Gasteiger partial charge in [-0.05, 0) is 31.0 Å². The van der Waals surface area contributed by atoms with Gasteiger partial charge in [-0.3, -0.25) is 0 Å². The van der Waals surface area contributed by atoms with Gasteiger partial charge in [-0.1, -0.05) is 13.8 Å². The topological polar surface area (TPSA) is 85.8 Å². The van der Waals surface area contributed by atoms with Crippen molar-refractivity contribution in [2.24, 2.45) is 5.41 Å². The first-order chi connectivity index (χ1) is 11.2. The van der Waals surface area contributed by atoms with E-state index in [4.69, 9.17) is 5.11 Å². The minimum atomic E-state index is -3.47. The van der Waals surface area contributed by atoms with E-state index in [1.807, 2.05) is 7.05 Å². The molecule has 1 aliphatic heterocycles. The van der Waals surface area contributed by atoms with Gasteiger partial charge >= 0.3 is 0 Å². The Kier molecular flexibility index (Phi) is 6.19. The molecule has 0 saturated carbocycles. The molecule has 2 rings (SSSR count). The molecule has 8 heteroatoms. The van der Waals surface area contributed by atoms with E-state index in [1.165, 1.54) is 10.5 Å². The van der Waals surface area contributed by atoms with Crippen LogP contribution in [0.2, 0.25) is 0 Å². The Bertz CT molecular complexity index is 623. The van der Waals surface area contributed by atoms with Crippen LogP contribution in [-0.2, 0) is 10.0 Å². The number of hydrogen-bond acceptors (Lipinski definition) is 6. The Labute approximate surface area is 144 Å². The monoisotopic (exact) mass is 356 g/mol. The average molecular weight is 356 g/mol. The number of likely N-dealkylation sites (N-methyl/N-ethyl adjacent to an activating group) is 1. The molecule has 0 aliphatic carbocycles. The van der Waals surface area contributed by atoms with Crippen LogP contribution in [0, 0.1) is 5.41 Å². The molecule has 1 fully saturated rings. The number of nitrogens with one attached hydrogen (secondary N) is 1. The number of nitrogens with zero attached hydrogens (tertiary/aromatic N) is 3. The molecule has 2 heterocycles. The summed E-state index contributed by atoms with van der Waals surface area (Å²) in [4.78, 5) is 6.57. The van der Waals surface area contributed by atoms with Crippen molar-refractivity contribution >= 4 is 15.8 Å². The van der Waals surface area contributed by atoms with Crippen LogP contribution in [-0.4, -0.2) is 74.1 Å². The van der Waals surface area contributed by atoms with Crippen molar-refractivity contribution in [1.82, 2.24) is 14.2 Å². The molecule has 1 saturated heterocycles. The summed E-state index contributed by atoms with van der Waals surface area (Å²) in [5.74, 6) is 0.637. The third-order valence-electron chi connectivity index (χ3n) is 4.37. The van der Waals surface area contributed by atoms with Gasteiger partial charge in [0.2, 0.25) is 10.0 Å². The van der Waals surface area contributed by atoms with Gasteiger partial charge in [0.25, 0.3) is 0 Å². The Morgan fingerprint density at radius 3 is 2.46 bits per heavy atom. The van der Waals surface area contributed by atoms with Crippen LogP contribution in [0.15, 0.2) is 23.2 Å². The number of sulfonamides is 1. The second kappa shape index (κ2) is 7.77. The minimum absolute atomic E-state index is 0.0546. The lowest BCUT2D eigenvalue weighted by Gasteiger charge is -2.31. The lowest BCUT2D eigenvalue weighted by molar-refractivity contribution is 0.220. The van der Waals surface area contributed by atoms with Crippen molar-refractivity contribution in [3.63, 3.8) is 0 Å². The van der Waals surface area contributed by atoms with Gasteiger partial charge in [-0.2, -0.15) is 4.31 Å². The maximum Gasteiger partial charge on any atom is 0.244 e. The van der Waals surface area contributed by atoms with E-state index in [-0.39, 0.29) is 16.9 Å². The number of rotatable bonds is 7. The molecule has 0 bridgehead atoms. The highest BCUT2D eigenvalue weighted by molar-refractivity contribution is 7.89. The molecule has 0 aromatic carbocycles. The molecule has 0 amide bonds. The fourth-order valence-corrected chi connectivity index (χ4v) is 3.90. The maximum absolute atomic E-state index is 12.6. The van der Waals surface area contributed by atoms with Crippen molar-refractivity contribution in [2.45, 2.75) is 25.2 Å². The summed E-state index contributed by atoms with van der Waals surface area (Å²) in [6, 6.07) is 3.29. The van der Waals surface area contributed by atoms with Gasteiger partial charge in [0.15, 0.2) is 0 Å². The number of anilines is 1. The zero-order chi connectivity index (χ0) is 17.8. The molecule has 0 unspecified atom stereocenters. The number of piperazine rings is 1. The number of pyridine rings is 1. The van der Waals surface area contributed by atoms with Gasteiger partial charge in [-0.15, -0.1) is 0 Å². The first-order valence-electron chi connectivity index (χ1n) is 8.24. The fraction of sp³-hybridized carbons (Fsp3) is 0.688. The van der Waals surface area contributed by atoms with Gasteiger partial charge in [-0.25, -0.2) is 13.4 Å². The molecular formula is C16H28N4O3S. The smallest absolute Gasteiger partial charge is 0.244 e. The van der Waals surface area contributed by atoms with E-state index in [2.05, 4.69) is 29.0 Å². The molecule has 0 spiro atoms. The van der Waals surface area contributed by atoms with Gasteiger partial charge in [0.1, 0.15) is 10.7 Å². The summed E-state index contributed by atoms with van der Waals surface area (Å²) in [5.41, 5.74) is -0.0546. The third-order valence-corrected chi connectivity index (χ3v) is 6.26. The molecule has 2 N–H and O–H groups in total. The molecule has 136 valence electrons. The highest BCUT2D eigenvalue weighted by Crippen LogP contribution is 2.21. The highest BCUT2D eigenvalue weighted by Gasteiger charge is 2.27. The zero-order valence-electron chi connectivity index (χ0n) is 14.7. The second-order valence-corrected chi connectivity index (χ2v) is 9.02. The van der Waals surface area contributed by atoms with E-state index >= 15 is 0 Å². The number of aliphatic hydroxyl groups is 1. The largest absolute Gasteiger partial charge is 0.396 e. The predicted molar refractivity (Wildman–Crippen MR) is 94.5 cm³/mol. The molecule has 1 aliphatic rings. The summed E-state index contributed by atoms with van der Waals surface area (Å²) in [7, 11) is -1.48. The second-order valence-electron chi connectivity index (χ2n) is 7.08. The van der Waals surface area contributed by atoms with Crippen LogP contribution in [0.5, 0.6) is 0 Å². The zero-order valence-corrected chi connectivity index (χ0v) is 15.5. The van der Waals surface area contributed by atoms with E-state index in [0.29, 0.717) is 31.9 Å². The number of aromatic nitrogens is 1. The number of aliphatic hydroxyl groups excluding tert-OH is 1. The van der Waals surface area contributed by atoms with Crippen molar-refractivity contribution in [1.29, 1.82) is 0 Å². The average Bonchev–Trinajstić information content (AvgIpc) is 2.54. The Morgan fingerprint density at radius 2 is 1.92 bits per heavy atom. The van der Waals surface area contributed by atoms with Crippen molar-refractivity contribution in [3.8, 4) is 0 Å². The van der Waals surface area contributed by atoms with Crippen molar-refractivity contribution < 1.29 is 13.5 Å². The quantitative estimate of drug-likeness (QED) is 0.753. The van der Waals surface area contributed by atoms with E-state index in [0.717, 1.165) is 13.1 Å². The molecule has 7 nitrogen and oxygen atoms in total. The van der Waals surface area contributed by atoms with Crippen LogP contribution in [0.25, 0.3) is 0 Å². The van der Waals surface area contributed by atoms with Gasteiger partial charge < -0.3 is 15.3 Å².